The summed E-state index contributed by atoms with van der Waals surface area (Å²) in [6, 6.07) is 23.5. The minimum absolute atomic E-state index is 0.182. The second-order valence-electron chi connectivity index (χ2n) is 9.23. The molecule has 0 aliphatic carbocycles. The maximum Gasteiger partial charge on any atom is 0.270 e. The molecule has 0 bridgehead atoms. The van der Waals surface area contributed by atoms with Gasteiger partial charge in [0.05, 0.1) is 12.4 Å². The number of halogens is 1. The molecule has 1 aliphatic rings. The molecule has 4 N–H and O–H groups in total. The molecule has 0 fully saturated rings. The number of aromatic nitrogens is 2. The molecule has 0 saturated carbocycles. The van der Waals surface area contributed by atoms with Crippen molar-refractivity contribution in [1.82, 2.24) is 25.7 Å². The molecule has 10 heteroatoms. The molecule has 1 aliphatic heterocycles. The zero-order chi connectivity index (χ0) is 28.1. The highest BCUT2D eigenvalue weighted by Gasteiger charge is 2.33. The molecule has 1 atom stereocenters. The number of hydrogen-bond donors (Lipinski definition) is 4. The summed E-state index contributed by atoms with van der Waals surface area (Å²) in [6.45, 7) is 0.182. The van der Waals surface area contributed by atoms with Crippen LogP contribution in [0.2, 0.25) is 0 Å². The van der Waals surface area contributed by atoms with E-state index in [2.05, 4.69) is 26.4 Å². The summed E-state index contributed by atoms with van der Waals surface area (Å²) in [7, 11) is 1.64. The van der Waals surface area contributed by atoms with Gasteiger partial charge >= 0.3 is 0 Å². The summed E-state index contributed by atoms with van der Waals surface area (Å²) < 4.78 is 16.5. The van der Waals surface area contributed by atoms with Gasteiger partial charge in [-0.2, -0.15) is 5.10 Å². The molecule has 3 amide bonds. The van der Waals surface area contributed by atoms with E-state index >= 15 is 4.39 Å². The predicted molar refractivity (Wildman–Crippen MR) is 148 cm³/mol. The molecule has 0 spiro atoms. The zero-order valence-electron chi connectivity index (χ0n) is 21.6. The number of anilines is 1. The lowest BCUT2D eigenvalue weighted by Crippen LogP contribution is -2.48. The van der Waals surface area contributed by atoms with Gasteiger partial charge in [-0.25, -0.2) is 4.39 Å². The molecule has 4 aromatic rings. The van der Waals surface area contributed by atoms with Gasteiger partial charge in [0.1, 0.15) is 17.6 Å². The minimum Gasteiger partial charge on any atom is -0.367 e. The Balaban J connectivity index is 1.49. The van der Waals surface area contributed by atoms with Gasteiger partial charge in [0.15, 0.2) is 0 Å². The van der Waals surface area contributed by atoms with Gasteiger partial charge in [-0.1, -0.05) is 60.7 Å². The summed E-state index contributed by atoms with van der Waals surface area (Å²) in [5.41, 5.74) is 2.65. The van der Waals surface area contributed by atoms with E-state index in [-0.39, 0.29) is 29.5 Å². The van der Waals surface area contributed by atoms with Gasteiger partial charge in [0.2, 0.25) is 11.8 Å². The molecule has 202 valence electrons. The highest BCUT2D eigenvalue weighted by molar-refractivity contribution is 6.01. The van der Waals surface area contributed by atoms with Crippen LogP contribution in [0.5, 0.6) is 0 Å². The first-order valence-electron chi connectivity index (χ1n) is 12.6. The Morgan fingerprint density at radius 1 is 0.950 bits per heavy atom. The van der Waals surface area contributed by atoms with E-state index in [9.17, 15) is 14.4 Å². The lowest BCUT2D eigenvalue weighted by atomic mass is 9.84. The maximum absolute atomic E-state index is 15.1. The average molecular weight is 539 g/mol. The number of amides is 3. The van der Waals surface area contributed by atoms with Crippen molar-refractivity contribution < 1.29 is 18.8 Å². The quantitative estimate of drug-likeness (QED) is 0.275. The van der Waals surface area contributed by atoms with Gasteiger partial charge in [-0.15, -0.1) is 0 Å². The maximum atomic E-state index is 15.1. The third-order valence-corrected chi connectivity index (χ3v) is 6.62. The van der Waals surface area contributed by atoms with Crippen LogP contribution in [0.1, 0.15) is 33.1 Å². The Kier molecular flexibility index (Phi) is 7.68. The van der Waals surface area contributed by atoms with E-state index in [4.69, 9.17) is 0 Å². The van der Waals surface area contributed by atoms with Crippen molar-refractivity contribution in [2.24, 2.45) is 7.05 Å². The Labute approximate surface area is 230 Å². The molecule has 3 aromatic carbocycles. The first kappa shape index (κ1) is 26.4. The molecular weight excluding hydrogens is 511 g/mol. The minimum atomic E-state index is -1.07. The summed E-state index contributed by atoms with van der Waals surface area (Å²) in [5, 5.41) is 15.2. The van der Waals surface area contributed by atoms with Gasteiger partial charge in [-0.05, 0) is 35.4 Å². The smallest absolute Gasteiger partial charge is 0.270 e. The van der Waals surface area contributed by atoms with Crippen molar-refractivity contribution in [2.75, 3.05) is 12.0 Å². The lowest BCUT2D eigenvalue weighted by Gasteiger charge is -2.28. The Morgan fingerprint density at radius 2 is 1.62 bits per heavy atom. The summed E-state index contributed by atoms with van der Waals surface area (Å²) in [6.07, 6.45) is 2.77. The SMILES string of the molecule is Cn1nccc1C(=O)N[C@H](C(=O)Nc1ccc(C2=CC(=O)NCN2)c(F)c1)C(c1ccccc1)c1ccccc1. The van der Waals surface area contributed by atoms with E-state index < -0.39 is 29.6 Å². The van der Waals surface area contributed by atoms with Crippen LogP contribution in [-0.2, 0) is 16.6 Å². The molecule has 2 heterocycles. The predicted octanol–water partition coefficient (Wildman–Crippen LogP) is 3.15. The third kappa shape index (κ3) is 5.75. The fourth-order valence-electron chi connectivity index (χ4n) is 4.67. The van der Waals surface area contributed by atoms with Crippen LogP contribution in [0.4, 0.5) is 10.1 Å². The van der Waals surface area contributed by atoms with Gasteiger partial charge in [0, 0.05) is 36.5 Å². The van der Waals surface area contributed by atoms with Crippen LogP contribution in [0.15, 0.2) is 97.2 Å². The molecule has 9 nitrogen and oxygen atoms in total. The highest BCUT2D eigenvalue weighted by Crippen LogP contribution is 2.30. The second kappa shape index (κ2) is 11.6. The van der Waals surface area contributed by atoms with Crippen molar-refractivity contribution >= 4 is 29.1 Å². The number of aryl methyl sites for hydroxylation is 1. The van der Waals surface area contributed by atoms with Gasteiger partial charge in [0.25, 0.3) is 5.91 Å². The first-order valence-corrected chi connectivity index (χ1v) is 12.6. The number of nitrogens with zero attached hydrogens (tertiary/aromatic N) is 2. The topological polar surface area (TPSA) is 117 Å². The molecule has 0 radical (unpaired) electrons. The van der Waals surface area contributed by atoms with E-state index in [1.54, 1.807) is 19.2 Å². The van der Waals surface area contributed by atoms with Crippen molar-refractivity contribution in [3.8, 4) is 0 Å². The molecule has 5 rings (SSSR count). The van der Waals surface area contributed by atoms with E-state index in [1.165, 1.54) is 29.1 Å². The Hall–Kier alpha value is -5.25. The van der Waals surface area contributed by atoms with E-state index in [0.29, 0.717) is 5.70 Å². The van der Waals surface area contributed by atoms with E-state index in [1.807, 2.05) is 60.7 Å². The monoisotopic (exact) mass is 538 g/mol. The van der Waals surface area contributed by atoms with E-state index in [0.717, 1.165) is 11.1 Å². The van der Waals surface area contributed by atoms with Crippen molar-refractivity contribution in [3.63, 3.8) is 0 Å². The molecule has 0 saturated heterocycles. The Morgan fingerprint density at radius 3 is 2.20 bits per heavy atom. The highest BCUT2D eigenvalue weighted by atomic mass is 19.1. The number of nitrogens with one attached hydrogen (secondary N) is 4. The van der Waals surface area contributed by atoms with Crippen molar-refractivity contribution in [3.05, 3.63) is 125 Å². The normalized spacial score (nSPS) is 13.6. The summed E-state index contributed by atoms with van der Waals surface area (Å²) in [5.74, 6) is -2.52. The third-order valence-electron chi connectivity index (χ3n) is 6.62. The number of rotatable bonds is 8. The van der Waals surface area contributed by atoms with Gasteiger partial charge in [-0.3, -0.25) is 19.1 Å². The van der Waals surface area contributed by atoms with Crippen molar-refractivity contribution in [2.45, 2.75) is 12.0 Å². The largest absolute Gasteiger partial charge is 0.367 e. The fourth-order valence-corrected chi connectivity index (χ4v) is 4.67. The van der Waals surface area contributed by atoms with Crippen LogP contribution < -0.4 is 21.3 Å². The molecular formula is C30H27FN6O3. The lowest BCUT2D eigenvalue weighted by molar-refractivity contribution is -0.118. The van der Waals surface area contributed by atoms with Crippen LogP contribution in [0.25, 0.3) is 5.70 Å². The average Bonchev–Trinajstić information content (AvgIpc) is 3.40. The zero-order valence-corrected chi connectivity index (χ0v) is 21.6. The number of carbonyl (C=O) groups is 3. The summed E-state index contributed by atoms with van der Waals surface area (Å²) >= 11 is 0. The van der Waals surface area contributed by atoms with Crippen LogP contribution in [-0.4, -0.2) is 40.2 Å². The fraction of sp³-hybridized carbons (Fsp3) is 0.133. The summed E-state index contributed by atoms with van der Waals surface area (Å²) in [4.78, 5) is 38.9. The number of carbonyl (C=O) groups excluding carboxylic acids is 3. The van der Waals surface area contributed by atoms with Crippen molar-refractivity contribution in [1.29, 1.82) is 0 Å². The van der Waals surface area contributed by atoms with Crippen LogP contribution >= 0.6 is 0 Å². The molecule has 40 heavy (non-hydrogen) atoms. The van der Waals surface area contributed by atoms with Crippen LogP contribution in [0, 0.1) is 5.82 Å². The van der Waals surface area contributed by atoms with Gasteiger partial charge < -0.3 is 21.3 Å². The second-order valence-corrected chi connectivity index (χ2v) is 9.23. The first-order chi connectivity index (χ1) is 19.4. The Bertz CT molecular complexity index is 1530. The molecule has 0 unspecified atom stereocenters. The number of hydrogen-bond acceptors (Lipinski definition) is 5. The van der Waals surface area contributed by atoms with Crippen LogP contribution in [0.3, 0.4) is 0 Å². The standard InChI is InChI=1S/C30H27FN6O3/c1-37-25(14-15-34-37)29(39)36-28(27(19-8-4-2-5-9-19)20-10-6-3-7-11-20)30(40)35-21-12-13-22(23(31)16-21)24-17-26(38)33-18-32-24/h2-17,27-28,32H,18H2,1H3,(H,33,38)(H,35,40)(H,36,39)/t28-/m0/s1. The molecule has 1 aromatic heterocycles. The number of benzene rings is 3.